The molecular formula is C25H27F2N5O2. The molecule has 1 aliphatic heterocycles. The van der Waals surface area contributed by atoms with Gasteiger partial charge >= 0.3 is 6.09 Å². The van der Waals surface area contributed by atoms with Gasteiger partial charge in [-0.3, -0.25) is 4.68 Å². The van der Waals surface area contributed by atoms with E-state index in [4.69, 9.17) is 4.74 Å². The average molecular weight is 468 g/mol. The maximum Gasteiger partial charge on any atom is 0.410 e. The minimum atomic E-state index is -0.535. The fraction of sp³-hybridized carbons (Fsp3) is 0.400. The first-order valence-electron chi connectivity index (χ1n) is 11.4. The molecule has 7 nitrogen and oxygen atoms in total. The van der Waals surface area contributed by atoms with Crippen LogP contribution >= 0.6 is 0 Å². The Balaban J connectivity index is 1.39. The van der Waals surface area contributed by atoms with Crippen LogP contribution in [-0.4, -0.2) is 48.8 Å². The Hall–Kier alpha value is -3.49. The number of benzene rings is 1. The molecule has 4 heterocycles. The molecule has 178 valence electrons. The Bertz CT molecular complexity index is 1390. The van der Waals surface area contributed by atoms with Crippen molar-refractivity contribution in [1.82, 2.24) is 24.1 Å². The third-order valence-corrected chi connectivity index (χ3v) is 6.03. The van der Waals surface area contributed by atoms with Gasteiger partial charge in [0.25, 0.3) is 0 Å². The van der Waals surface area contributed by atoms with Crippen LogP contribution in [0.25, 0.3) is 27.7 Å². The summed E-state index contributed by atoms with van der Waals surface area (Å²) in [6.45, 7) is 8.43. The lowest BCUT2D eigenvalue weighted by atomic mass is 10.0. The van der Waals surface area contributed by atoms with Crippen molar-refractivity contribution in [3.05, 3.63) is 54.1 Å². The molecule has 3 aromatic heterocycles. The summed E-state index contributed by atoms with van der Waals surface area (Å²) in [4.78, 5) is 18.2. The third kappa shape index (κ3) is 4.22. The first-order valence-corrected chi connectivity index (χ1v) is 11.4. The molecule has 9 heteroatoms. The zero-order valence-electron chi connectivity index (χ0n) is 19.7. The monoisotopic (exact) mass is 467 g/mol. The maximum atomic E-state index is 15.0. The number of hydrogen-bond acceptors (Lipinski definition) is 4. The molecule has 1 saturated heterocycles. The molecular weight excluding hydrogens is 440 g/mol. The van der Waals surface area contributed by atoms with Gasteiger partial charge in [0.15, 0.2) is 17.3 Å². The number of rotatable bonds is 2. The Morgan fingerprint density at radius 1 is 1.03 bits per heavy atom. The molecule has 0 spiro atoms. The third-order valence-electron chi connectivity index (χ3n) is 6.03. The lowest BCUT2D eigenvalue weighted by molar-refractivity contribution is 0.0185. The number of likely N-dealkylation sites (tertiary alicyclic amines) is 1. The lowest BCUT2D eigenvalue weighted by Crippen LogP contribution is -2.42. The molecule has 0 unspecified atom stereocenters. The minimum absolute atomic E-state index is 0.0525. The quantitative estimate of drug-likeness (QED) is 0.390. The maximum absolute atomic E-state index is 15.0. The highest BCUT2D eigenvalue weighted by Crippen LogP contribution is 2.30. The highest BCUT2D eigenvalue weighted by Gasteiger charge is 2.28. The van der Waals surface area contributed by atoms with E-state index in [0.717, 1.165) is 0 Å². The molecule has 1 aliphatic rings. The molecule has 0 bridgehead atoms. The van der Waals surface area contributed by atoms with Crippen LogP contribution < -0.4 is 0 Å². The van der Waals surface area contributed by atoms with E-state index < -0.39 is 17.2 Å². The Kier molecular flexibility index (Phi) is 5.30. The molecule has 4 aromatic rings. The summed E-state index contributed by atoms with van der Waals surface area (Å²) in [5.74, 6) is -0.918. The van der Waals surface area contributed by atoms with E-state index in [-0.39, 0.29) is 23.3 Å². The number of fused-ring (bicyclic) bond motifs is 2. The highest BCUT2D eigenvalue weighted by atomic mass is 19.1. The lowest BCUT2D eigenvalue weighted by Gasteiger charge is -2.33. The van der Waals surface area contributed by atoms with Gasteiger partial charge in [-0.05, 0) is 64.3 Å². The van der Waals surface area contributed by atoms with Crippen LogP contribution in [0, 0.1) is 18.6 Å². The van der Waals surface area contributed by atoms with Gasteiger partial charge in [0.2, 0.25) is 0 Å². The number of carbonyl (C=O) groups is 1. The number of piperidine rings is 1. The number of amides is 1. The topological polar surface area (TPSA) is 64.7 Å². The van der Waals surface area contributed by atoms with Gasteiger partial charge < -0.3 is 14.0 Å². The largest absolute Gasteiger partial charge is 0.444 e. The Morgan fingerprint density at radius 3 is 2.44 bits per heavy atom. The average Bonchev–Trinajstić information content (AvgIpc) is 3.36. The number of pyridine rings is 1. The summed E-state index contributed by atoms with van der Waals surface area (Å²) in [6.07, 6.45) is 6.39. The van der Waals surface area contributed by atoms with Crippen LogP contribution in [0.2, 0.25) is 0 Å². The van der Waals surface area contributed by atoms with Crippen LogP contribution in [0.1, 0.15) is 45.3 Å². The zero-order chi connectivity index (χ0) is 24.2. The normalized spacial score (nSPS) is 15.4. The molecule has 5 rings (SSSR count). The second kappa shape index (κ2) is 8.07. The number of aryl methyl sites for hydroxylation is 1. The van der Waals surface area contributed by atoms with Gasteiger partial charge in [-0.1, -0.05) is 0 Å². The van der Waals surface area contributed by atoms with Crippen molar-refractivity contribution >= 4 is 22.6 Å². The summed E-state index contributed by atoms with van der Waals surface area (Å²) in [6, 6.07) is 4.63. The van der Waals surface area contributed by atoms with Crippen molar-refractivity contribution < 1.29 is 18.3 Å². The molecule has 1 aromatic carbocycles. The zero-order valence-corrected chi connectivity index (χ0v) is 19.7. The predicted molar refractivity (Wildman–Crippen MR) is 125 cm³/mol. The van der Waals surface area contributed by atoms with Gasteiger partial charge in [-0.2, -0.15) is 5.10 Å². The smallest absolute Gasteiger partial charge is 0.410 e. The molecule has 0 radical (unpaired) electrons. The van der Waals surface area contributed by atoms with Gasteiger partial charge in [0.05, 0.1) is 11.7 Å². The van der Waals surface area contributed by atoms with Gasteiger partial charge in [0, 0.05) is 42.6 Å². The highest BCUT2D eigenvalue weighted by molar-refractivity contribution is 5.85. The number of ether oxygens (including phenoxy) is 1. The van der Waals surface area contributed by atoms with E-state index in [0.29, 0.717) is 48.1 Å². The van der Waals surface area contributed by atoms with E-state index in [9.17, 15) is 13.6 Å². The van der Waals surface area contributed by atoms with Crippen LogP contribution in [0.5, 0.6) is 0 Å². The van der Waals surface area contributed by atoms with E-state index in [1.807, 2.05) is 33.0 Å². The van der Waals surface area contributed by atoms with Crippen LogP contribution in [-0.2, 0) is 4.74 Å². The first-order chi connectivity index (χ1) is 16.1. The first kappa shape index (κ1) is 22.3. The second-order valence-corrected chi connectivity index (χ2v) is 9.89. The fourth-order valence-electron chi connectivity index (χ4n) is 4.44. The SMILES string of the molecule is Cc1cn2cc(-c3cc(F)c4nn(C5CCN(C(=O)OC(C)(C)C)CC5)cc4c3)cc(F)c2n1. The molecule has 1 amide bonds. The van der Waals surface area contributed by atoms with Crippen LogP contribution in [0.15, 0.2) is 36.8 Å². The van der Waals surface area contributed by atoms with E-state index >= 15 is 0 Å². The van der Waals surface area contributed by atoms with Crippen molar-refractivity contribution in [3.8, 4) is 11.1 Å². The van der Waals surface area contributed by atoms with Crippen LogP contribution in [0.3, 0.4) is 0 Å². The standard InChI is InChI=1S/C25H27F2N5O2/c1-15-12-31-13-17(11-21(27)23(31)28-15)16-9-18-14-32(29-22(18)20(26)10-16)19-5-7-30(8-6-19)24(33)34-25(2,3)4/h9-14,19H,5-8H2,1-4H3. The number of halogens is 2. The van der Waals surface area contributed by atoms with Crippen molar-refractivity contribution in [2.24, 2.45) is 0 Å². The predicted octanol–water partition coefficient (Wildman–Crippen LogP) is 5.51. The summed E-state index contributed by atoms with van der Waals surface area (Å²) in [7, 11) is 0. The van der Waals surface area contributed by atoms with Gasteiger partial charge in [-0.15, -0.1) is 0 Å². The van der Waals surface area contributed by atoms with Crippen molar-refractivity contribution in [3.63, 3.8) is 0 Å². The summed E-state index contributed by atoms with van der Waals surface area (Å²) < 4.78 is 38.4. The van der Waals surface area contributed by atoms with Crippen molar-refractivity contribution in [2.75, 3.05) is 13.1 Å². The summed E-state index contributed by atoms with van der Waals surface area (Å²) in [5, 5.41) is 5.13. The molecule has 1 fully saturated rings. The number of hydrogen-bond donors (Lipinski definition) is 0. The Labute approximate surface area is 195 Å². The number of aromatic nitrogens is 4. The molecule has 0 saturated carbocycles. The van der Waals surface area contributed by atoms with E-state index in [1.54, 1.807) is 33.3 Å². The second-order valence-electron chi connectivity index (χ2n) is 9.89. The summed E-state index contributed by atoms with van der Waals surface area (Å²) >= 11 is 0. The number of nitrogens with zero attached hydrogens (tertiary/aromatic N) is 5. The molecule has 0 aliphatic carbocycles. The van der Waals surface area contributed by atoms with Crippen molar-refractivity contribution in [2.45, 2.75) is 52.2 Å². The van der Waals surface area contributed by atoms with Crippen LogP contribution in [0.4, 0.5) is 13.6 Å². The molecule has 34 heavy (non-hydrogen) atoms. The minimum Gasteiger partial charge on any atom is -0.444 e. The van der Waals surface area contributed by atoms with Gasteiger partial charge in [0.1, 0.15) is 11.1 Å². The Morgan fingerprint density at radius 2 is 1.74 bits per heavy atom. The summed E-state index contributed by atoms with van der Waals surface area (Å²) in [5.41, 5.74) is 1.81. The van der Waals surface area contributed by atoms with Crippen molar-refractivity contribution in [1.29, 1.82) is 0 Å². The number of carbonyl (C=O) groups excluding carboxylic acids is 1. The van der Waals surface area contributed by atoms with E-state index in [2.05, 4.69) is 10.1 Å². The number of imidazole rings is 1. The van der Waals surface area contributed by atoms with Gasteiger partial charge in [-0.25, -0.2) is 18.6 Å². The van der Waals surface area contributed by atoms with E-state index in [1.165, 1.54) is 12.1 Å². The molecule has 0 N–H and O–H groups in total. The fourth-order valence-corrected chi connectivity index (χ4v) is 4.44. The molecule has 0 atom stereocenters.